The number of fused-ring (bicyclic) bond motifs is 1. The molecule has 0 saturated carbocycles. The molecule has 0 spiro atoms. The normalized spacial score (nSPS) is 24.3. The van der Waals surface area contributed by atoms with Gasteiger partial charge in [0.2, 0.25) is 5.91 Å². The number of aliphatic hydroxyl groups is 1. The maximum atomic E-state index is 13.9. The molecule has 0 radical (unpaired) electrons. The minimum atomic E-state index is -0.566. The van der Waals surface area contributed by atoms with Gasteiger partial charge in [-0.25, -0.2) is 4.39 Å². The average molecular weight is 373 g/mol. The molecule has 9 heteroatoms. The fourth-order valence-corrected chi connectivity index (χ4v) is 4.11. The first kappa shape index (κ1) is 17.6. The topological polar surface area (TPSA) is 91.6 Å². The summed E-state index contributed by atoms with van der Waals surface area (Å²) in [5.74, 6) is -1.05. The van der Waals surface area contributed by atoms with Crippen molar-refractivity contribution in [3.8, 4) is 0 Å². The van der Waals surface area contributed by atoms with Crippen molar-refractivity contribution in [1.29, 1.82) is 0 Å². The van der Waals surface area contributed by atoms with Crippen LogP contribution in [0, 0.1) is 17.2 Å². The standard InChI is InChI=1S/C18H20FN5O3/c19-15-4-2-1-3-14(15)17(27)24-6-13-5-23(8-18(13,9-24)10-25)16(26)7-22-11-20-21-12-22/h1-4,11-13,25H,5-10H2. The van der Waals surface area contributed by atoms with Crippen molar-refractivity contribution in [3.05, 3.63) is 48.3 Å². The number of likely N-dealkylation sites (tertiary alicyclic amines) is 2. The number of benzene rings is 1. The summed E-state index contributed by atoms with van der Waals surface area (Å²) in [5, 5.41) is 17.4. The maximum Gasteiger partial charge on any atom is 0.256 e. The lowest BCUT2D eigenvalue weighted by Crippen LogP contribution is -2.41. The largest absolute Gasteiger partial charge is 0.396 e. The lowest BCUT2D eigenvalue weighted by Gasteiger charge is -2.27. The lowest BCUT2D eigenvalue weighted by molar-refractivity contribution is -0.131. The molecule has 1 aromatic carbocycles. The maximum absolute atomic E-state index is 13.9. The van der Waals surface area contributed by atoms with Crippen LogP contribution >= 0.6 is 0 Å². The third-order valence-corrected chi connectivity index (χ3v) is 5.60. The van der Waals surface area contributed by atoms with Crippen LogP contribution in [0.5, 0.6) is 0 Å². The third kappa shape index (κ3) is 3.08. The summed E-state index contributed by atoms with van der Waals surface area (Å²) in [4.78, 5) is 28.5. The van der Waals surface area contributed by atoms with Crippen LogP contribution in [0.2, 0.25) is 0 Å². The molecule has 2 aromatic rings. The first-order valence-corrected chi connectivity index (χ1v) is 8.77. The first-order valence-electron chi connectivity index (χ1n) is 8.77. The number of aliphatic hydroxyl groups excluding tert-OH is 1. The predicted molar refractivity (Wildman–Crippen MR) is 91.9 cm³/mol. The average Bonchev–Trinajstić information content (AvgIpc) is 3.35. The second kappa shape index (κ2) is 6.73. The summed E-state index contributed by atoms with van der Waals surface area (Å²) in [6, 6.07) is 5.89. The Morgan fingerprint density at radius 2 is 1.81 bits per heavy atom. The number of aromatic nitrogens is 3. The fraction of sp³-hybridized carbons (Fsp3) is 0.444. The molecule has 1 aromatic heterocycles. The van der Waals surface area contributed by atoms with Gasteiger partial charge in [0.25, 0.3) is 5.91 Å². The van der Waals surface area contributed by atoms with Gasteiger partial charge in [0.1, 0.15) is 25.0 Å². The van der Waals surface area contributed by atoms with Gasteiger partial charge < -0.3 is 19.5 Å². The summed E-state index contributed by atoms with van der Waals surface area (Å²) in [7, 11) is 0. The van der Waals surface area contributed by atoms with E-state index in [0.29, 0.717) is 26.2 Å². The quantitative estimate of drug-likeness (QED) is 0.815. The molecular weight excluding hydrogens is 353 g/mol. The molecule has 2 aliphatic heterocycles. The number of hydrogen-bond donors (Lipinski definition) is 1. The Balaban J connectivity index is 1.46. The van der Waals surface area contributed by atoms with Crippen LogP contribution in [0.4, 0.5) is 4.39 Å². The van der Waals surface area contributed by atoms with Crippen LogP contribution in [0.25, 0.3) is 0 Å². The Morgan fingerprint density at radius 3 is 2.48 bits per heavy atom. The highest BCUT2D eigenvalue weighted by Gasteiger charge is 2.54. The molecule has 27 heavy (non-hydrogen) atoms. The van der Waals surface area contributed by atoms with E-state index in [2.05, 4.69) is 10.2 Å². The summed E-state index contributed by atoms with van der Waals surface area (Å²) in [5.41, 5.74) is -0.532. The molecule has 0 bridgehead atoms. The Hall–Kier alpha value is -2.81. The molecule has 142 valence electrons. The van der Waals surface area contributed by atoms with Gasteiger partial charge in [-0.15, -0.1) is 10.2 Å². The molecule has 2 saturated heterocycles. The molecule has 8 nitrogen and oxygen atoms in total. The number of carbonyl (C=O) groups is 2. The van der Waals surface area contributed by atoms with Gasteiger partial charge in [-0.1, -0.05) is 12.1 Å². The second-order valence-corrected chi connectivity index (χ2v) is 7.29. The number of rotatable bonds is 4. The number of hydrogen-bond acceptors (Lipinski definition) is 5. The molecule has 3 heterocycles. The SMILES string of the molecule is O=C(Cn1cnnc1)N1CC2CN(C(=O)c3ccccc3F)CC2(CO)C1. The highest BCUT2D eigenvalue weighted by Crippen LogP contribution is 2.42. The van der Waals surface area contributed by atoms with Gasteiger partial charge >= 0.3 is 0 Å². The van der Waals surface area contributed by atoms with E-state index >= 15 is 0 Å². The molecular formula is C18H20FN5O3. The Kier molecular flexibility index (Phi) is 4.39. The number of carbonyl (C=O) groups excluding carboxylic acids is 2. The van der Waals surface area contributed by atoms with Crippen LogP contribution in [0.15, 0.2) is 36.9 Å². The second-order valence-electron chi connectivity index (χ2n) is 7.29. The van der Waals surface area contributed by atoms with Crippen molar-refractivity contribution in [2.75, 3.05) is 32.8 Å². The van der Waals surface area contributed by atoms with E-state index in [0.717, 1.165) is 0 Å². The minimum Gasteiger partial charge on any atom is -0.396 e. The van der Waals surface area contributed by atoms with Gasteiger partial charge in [0, 0.05) is 37.5 Å². The number of amides is 2. The zero-order chi connectivity index (χ0) is 19.0. The number of halogens is 1. The third-order valence-electron chi connectivity index (χ3n) is 5.60. The van der Waals surface area contributed by atoms with E-state index in [4.69, 9.17) is 0 Å². The van der Waals surface area contributed by atoms with Crippen LogP contribution in [0.1, 0.15) is 10.4 Å². The Bertz CT molecular complexity index is 858. The molecule has 2 fully saturated rings. The smallest absolute Gasteiger partial charge is 0.256 e. The van der Waals surface area contributed by atoms with Gasteiger partial charge in [-0.3, -0.25) is 9.59 Å². The van der Waals surface area contributed by atoms with Crippen molar-refractivity contribution >= 4 is 11.8 Å². The van der Waals surface area contributed by atoms with Gasteiger partial charge in [0.05, 0.1) is 12.2 Å². The zero-order valence-corrected chi connectivity index (χ0v) is 14.7. The van der Waals surface area contributed by atoms with Crippen molar-refractivity contribution < 1.29 is 19.1 Å². The molecule has 1 N–H and O–H groups in total. The highest BCUT2D eigenvalue weighted by molar-refractivity contribution is 5.94. The Morgan fingerprint density at radius 1 is 1.15 bits per heavy atom. The first-order chi connectivity index (χ1) is 13.0. The van der Waals surface area contributed by atoms with E-state index in [-0.39, 0.29) is 36.4 Å². The molecule has 2 atom stereocenters. The van der Waals surface area contributed by atoms with Crippen LogP contribution in [-0.4, -0.2) is 74.3 Å². The van der Waals surface area contributed by atoms with E-state index in [1.54, 1.807) is 26.5 Å². The molecule has 2 unspecified atom stereocenters. The minimum absolute atomic E-state index is 0.0334. The summed E-state index contributed by atoms with van der Waals surface area (Å²) in [6.45, 7) is 1.54. The molecule has 0 aliphatic carbocycles. The van der Waals surface area contributed by atoms with Gasteiger partial charge in [-0.05, 0) is 12.1 Å². The van der Waals surface area contributed by atoms with Crippen LogP contribution < -0.4 is 0 Å². The fourth-order valence-electron chi connectivity index (χ4n) is 4.11. The number of nitrogens with zero attached hydrogens (tertiary/aromatic N) is 5. The van der Waals surface area contributed by atoms with Crippen molar-refractivity contribution in [3.63, 3.8) is 0 Å². The van der Waals surface area contributed by atoms with Crippen molar-refractivity contribution in [1.82, 2.24) is 24.6 Å². The summed E-state index contributed by atoms with van der Waals surface area (Å²) < 4.78 is 15.5. The molecule has 2 aliphatic rings. The molecule has 4 rings (SSSR count). The van der Waals surface area contributed by atoms with Crippen LogP contribution in [-0.2, 0) is 11.3 Å². The van der Waals surface area contributed by atoms with E-state index in [1.807, 2.05) is 0 Å². The van der Waals surface area contributed by atoms with Gasteiger partial charge in [0.15, 0.2) is 0 Å². The van der Waals surface area contributed by atoms with Crippen molar-refractivity contribution in [2.45, 2.75) is 6.54 Å². The van der Waals surface area contributed by atoms with E-state index in [1.165, 1.54) is 24.8 Å². The van der Waals surface area contributed by atoms with Crippen molar-refractivity contribution in [2.24, 2.45) is 11.3 Å². The lowest BCUT2D eigenvalue weighted by atomic mass is 9.82. The molecule has 2 amide bonds. The zero-order valence-electron chi connectivity index (χ0n) is 14.7. The monoisotopic (exact) mass is 373 g/mol. The predicted octanol–water partition coefficient (Wildman–Crippen LogP) is 0.0103. The summed E-state index contributed by atoms with van der Waals surface area (Å²) >= 11 is 0. The van der Waals surface area contributed by atoms with E-state index < -0.39 is 11.2 Å². The Labute approximate surface area is 155 Å². The summed E-state index contributed by atoms with van der Waals surface area (Å²) in [6.07, 6.45) is 2.96. The highest BCUT2D eigenvalue weighted by atomic mass is 19.1. The van der Waals surface area contributed by atoms with E-state index in [9.17, 15) is 19.1 Å². The van der Waals surface area contributed by atoms with Gasteiger partial charge in [-0.2, -0.15) is 0 Å². The van der Waals surface area contributed by atoms with Crippen LogP contribution in [0.3, 0.4) is 0 Å².